The summed E-state index contributed by atoms with van der Waals surface area (Å²) in [4.78, 5) is 62.2. The molecule has 8 N–H and O–H groups in total. The Bertz CT molecular complexity index is 280. The smallest absolute Gasteiger partial charge is 0.414 e. The number of carbonyl (C=O) groups is 5. The van der Waals surface area contributed by atoms with Gasteiger partial charge in [-0.25, -0.2) is 9.59 Å². The highest BCUT2D eigenvalue weighted by Gasteiger charge is 2.04. The lowest BCUT2D eigenvalue weighted by molar-refractivity contribution is -0.191. The number of hydrogen-bond donors (Lipinski definition) is 2. The van der Waals surface area contributed by atoms with Gasteiger partial charge in [-0.1, -0.05) is 0 Å². The number of carboxylic acid groups (broad SMARTS) is 2. The molecule has 0 fully saturated rings. The Morgan fingerprint density at radius 1 is 0.833 bits per heavy atom. The molecule has 12 nitrogen and oxygen atoms in total. The molecule has 0 aromatic heterocycles. The zero-order chi connectivity index (χ0) is 12.9. The molecule has 0 radical (unpaired) electrons. The number of hydrogen-bond acceptors (Lipinski definition) is 7. The van der Waals surface area contributed by atoms with E-state index in [2.05, 4.69) is 0 Å². The summed E-state index contributed by atoms with van der Waals surface area (Å²) in [5.41, 5.74) is 0. The fraction of sp³-hybridized carbons (Fsp3) is 0. The first-order chi connectivity index (χ1) is 6.87. The van der Waals surface area contributed by atoms with Crippen LogP contribution in [0.1, 0.15) is 7.13 Å². The number of carboxylic acids is 2. The van der Waals surface area contributed by atoms with Gasteiger partial charge in [-0.3, -0.25) is 14.4 Å². The van der Waals surface area contributed by atoms with Gasteiger partial charge in [0.25, 0.3) is 5.78 Å². The minimum absolute atomic E-state index is 0. The first kappa shape index (κ1) is 36.2. The van der Waals surface area contributed by atoms with Crippen LogP contribution in [0.15, 0.2) is 0 Å². The van der Waals surface area contributed by atoms with E-state index in [4.69, 9.17) is 39.0 Å². The van der Waals surface area contributed by atoms with Crippen LogP contribution >= 0.6 is 0 Å². The molecule has 0 aromatic carbocycles. The van der Waals surface area contributed by atoms with Gasteiger partial charge in [0.2, 0.25) is 0 Å². The summed E-state index contributed by atoms with van der Waals surface area (Å²) < 4.78 is 0. The molecule has 0 aliphatic heterocycles. The highest BCUT2D eigenvalue weighted by atomic mass is 16.4. The number of Topliss-reactive ketones (excluding diaryl/α,β-unsaturated/α-hetero) is 1. The van der Waals surface area contributed by atoms with Gasteiger partial charge in [0.05, 0.1) is 0 Å². The number of rotatable bonds is 2. The molecule has 0 unspecified atom stereocenters. The van der Waals surface area contributed by atoms with Crippen molar-refractivity contribution in [3.63, 3.8) is 0 Å². The molecule has 0 aliphatic rings. The van der Waals surface area contributed by atoms with Crippen molar-refractivity contribution >= 4 is 36.4 Å². The van der Waals surface area contributed by atoms with Crippen molar-refractivity contribution < 1.29 is 67.3 Å². The van der Waals surface area contributed by atoms with E-state index in [1.807, 2.05) is 0 Å². The van der Waals surface area contributed by atoms with Crippen molar-refractivity contribution in [2.45, 2.75) is 0 Å². The monoisotopic (exact) mass is 284 g/mol. The maximum atomic E-state index is 9.44. The average Bonchev–Trinajstić information content (AvgIpc) is 2.18. The van der Waals surface area contributed by atoms with Crippen LogP contribution in [0.25, 0.3) is 0 Å². The topological polar surface area (TPSA) is 254 Å². The summed E-state index contributed by atoms with van der Waals surface area (Å²) >= 11 is 0. The second kappa shape index (κ2) is 29.2. The van der Waals surface area contributed by atoms with Crippen molar-refractivity contribution in [3.8, 4) is 0 Å². The lowest BCUT2D eigenvalue weighted by Crippen LogP contribution is -2.09. The standard InChI is InChI=1S/C3H2O3.C2H2O4.CO2.3H2O.5H2/c4-1-3(6)2-5;3-1(4)2(5)6;2-1-3;;;;;;;;/h1-2H;(H,3,4)(H,5,6);;3*1H2;5*1H. The van der Waals surface area contributed by atoms with Gasteiger partial charge in [0.1, 0.15) is 0 Å². The second-order valence-corrected chi connectivity index (χ2v) is 1.33. The molecule has 0 spiro atoms. The normalized spacial score (nSPS) is 5.11. The van der Waals surface area contributed by atoms with Gasteiger partial charge in [-0.2, -0.15) is 9.59 Å². The summed E-state index contributed by atoms with van der Waals surface area (Å²) in [6.07, 6.45) is 0.181. The zero-order valence-electron chi connectivity index (χ0n) is 8.41. The molecule has 0 aromatic rings. The van der Waals surface area contributed by atoms with Crippen LogP contribution in [0, 0.1) is 0 Å². The van der Waals surface area contributed by atoms with E-state index in [0.29, 0.717) is 0 Å². The van der Waals surface area contributed by atoms with Crippen LogP contribution in [-0.2, 0) is 33.6 Å². The summed E-state index contributed by atoms with van der Waals surface area (Å²) in [5, 5.41) is 14.8. The van der Waals surface area contributed by atoms with Crippen molar-refractivity contribution in [1.82, 2.24) is 0 Å². The Labute approximate surface area is 105 Å². The zero-order valence-corrected chi connectivity index (χ0v) is 8.41. The molecule has 0 saturated heterocycles. The van der Waals surface area contributed by atoms with E-state index in [9.17, 15) is 4.79 Å². The number of aldehydes is 2. The Morgan fingerprint density at radius 3 is 1.00 bits per heavy atom. The molecule has 0 amide bonds. The van der Waals surface area contributed by atoms with Crippen LogP contribution in [0.4, 0.5) is 0 Å². The third-order valence-corrected chi connectivity index (χ3v) is 0.415. The fourth-order valence-corrected chi connectivity index (χ4v) is 0.0278. The molecular formula is C6H20O12. The lowest BCUT2D eigenvalue weighted by Gasteiger charge is -1.72. The molecule has 0 heterocycles. The Kier molecular flexibility index (Phi) is 58.8. The third kappa shape index (κ3) is 72.6. The molecule has 116 valence electrons. The molecule has 12 heteroatoms. The fourth-order valence-electron chi connectivity index (χ4n) is 0.0278. The van der Waals surface area contributed by atoms with Crippen LogP contribution in [-0.4, -0.2) is 63.1 Å². The van der Waals surface area contributed by atoms with Crippen LogP contribution < -0.4 is 0 Å². The quantitative estimate of drug-likeness (QED) is 0.286. The first-order valence-corrected chi connectivity index (χ1v) is 2.77. The third-order valence-electron chi connectivity index (χ3n) is 0.415. The number of carbonyl (C=O) groups excluding carboxylic acids is 5. The molecule has 18 heavy (non-hydrogen) atoms. The highest BCUT2D eigenvalue weighted by Crippen LogP contribution is 1.56. The van der Waals surface area contributed by atoms with E-state index in [0.717, 1.165) is 0 Å². The maximum Gasteiger partial charge on any atom is 0.414 e. The van der Waals surface area contributed by atoms with E-state index >= 15 is 0 Å². The lowest BCUT2D eigenvalue weighted by atomic mass is 10.5. The molecule has 0 rings (SSSR count). The number of ketones is 1. The van der Waals surface area contributed by atoms with Gasteiger partial charge in [-0.05, 0) is 0 Å². The molecule has 0 saturated carbocycles. The van der Waals surface area contributed by atoms with Gasteiger partial charge in [0, 0.05) is 7.13 Å². The highest BCUT2D eigenvalue weighted by molar-refractivity contribution is 6.50. The van der Waals surface area contributed by atoms with Gasteiger partial charge >= 0.3 is 18.1 Å². The molecule has 0 atom stereocenters. The Hall–Kier alpha value is -2.79. The van der Waals surface area contributed by atoms with Crippen molar-refractivity contribution in [2.75, 3.05) is 0 Å². The minimum Gasteiger partial charge on any atom is -0.473 e. The van der Waals surface area contributed by atoms with E-state index in [1.165, 1.54) is 0 Å². The Morgan fingerprint density at radius 2 is 1.00 bits per heavy atom. The van der Waals surface area contributed by atoms with Crippen LogP contribution in [0.2, 0.25) is 0 Å². The van der Waals surface area contributed by atoms with E-state index in [1.54, 1.807) is 0 Å². The largest absolute Gasteiger partial charge is 0.473 e. The molecular weight excluding hydrogens is 264 g/mol. The summed E-state index contributed by atoms with van der Waals surface area (Å²) in [6.45, 7) is 0. The number of aliphatic carboxylic acids is 2. The van der Waals surface area contributed by atoms with Crippen molar-refractivity contribution in [1.29, 1.82) is 0 Å². The average molecular weight is 284 g/mol. The predicted molar refractivity (Wildman–Crippen MR) is 58.8 cm³/mol. The van der Waals surface area contributed by atoms with E-state index < -0.39 is 17.7 Å². The summed E-state index contributed by atoms with van der Waals surface area (Å²) in [7, 11) is 0. The van der Waals surface area contributed by atoms with Gasteiger partial charge in [0.15, 0.2) is 12.6 Å². The van der Waals surface area contributed by atoms with Gasteiger partial charge in [-0.15, -0.1) is 0 Å². The SMILES string of the molecule is O.O.O.O=C(O)C(=O)O.O=C=O.O=CC(=O)C=O.[HH].[HH].[HH].[HH].[HH]. The molecule has 0 aliphatic carbocycles. The van der Waals surface area contributed by atoms with Gasteiger partial charge < -0.3 is 26.6 Å². The van der Waals surface area contributed by atoms with E-state index in [-0.39, 0.29) is 42.3 Å². The predicted octanol–water partition coefficient (Wildman–Crippen LogP) is -3.72. The first-order valence-electron chi connectivity index (χ1n) is 2.77. The van der Waals surface area contributed by atoms with Crippen LogP contribution in [0.5, 0.6) is 0 Å². The maximum absolute atomic E-state index is 9.44. The minimum atomic E-state index is -1.82. The summed E-state index contributed by atoms with van der Waals surface area (Å²) in [6, 6.07) is 0. The van der Waals surface area contributed by atoms with Crippen molar-refractivity contribution in [2.24, 2.45) is 0 Å². The summed E-state index contributed by atoms with van der Waals surface area (Å²) in [5.74, 6) is -4.67. The second-order valence-electron chi connectivity index (χ2n) is 1.33. The van der Waals surface area contributed by atoms with Crippen LogP contribution in [0.3, 0.4) is 0 Å². The molecule has 0 bridgehead atoms. The van der Waals surface area contributed by atoms with Crippen molar-refractivity contribution in [3.05, 3.63) is 0 Å². The Balaban J connectivity index is -0.00000000918.